The molecule has 144 valence electrons. The van der Waals surface area contributed by atoms with Gasteiger partial charge in [0, 0.05) is 18.1 Å². The number of aromatic nitrogens is 2. The van der Waals surface area contributed by atoms with Crippen LogP contribution in [0.1, 0.15) is 49.2 Å². The number of hydrogen-bond donors (Lipinski definition) is 1. The number of carbonyl (C=O) groups excluding carboxylic acids is 1. The van der Waals surface area contributed by atoms with Crippen molar-refractivity contribution in [3.05, 3.63) is 46.7 Å². The molecule has 0 bridgehead atoms. The fraction of sp³-hybridized carbons (Fsp3) is 0.450. The van der Waals surface area contributed by atoms with E-state index in [1.807, 2.05) is 39.0 Å². The molecule has 2 unspecified atom stereocenters. The fourth-order valence-corrected chi connectivity index (χ4v) is 3.94. The third-order valence-electron chi connectivity index (χ3n) is 5.15. The van der Waals surface area contributed by atoms with Gasteiger partial charge in [-0.3, -0.25) is 9.59 Å². The van der Waals surface area contributed by atoms with Gasteiger partial charge in [-0.15, -0.1) is 0 Å². The lowest BCUT2D eigenvalue weighted by molar-refractivity contribution is -0.145. The van der Waals surface area contributed by atoms with Gasteiger partial charge < -0.3 is 10.0 Å². The number of halogens is 1. The topological polar surface area (TPSA) is 75.4 Å². The van der Waals surface area contributed by atoms with Gasteiger partial charge in [-0.2, -0.15) is 5.10 Å². The van der Waals surface area contributed by atoms with Crippen LogP contribution in [-0.2, 0) is 4.79 Å². The van der Waals surface area contributed by atoms with Crippen molar-refractivity contribution >= 4 is 23.5 Å². The molecule has 1 aliphatic rings. The predicted octanol–water partition coefficient (Wildman–Crippen LogP) is 3.83. The molecule has 2 atom stereocenters. The molecular weight excluding hydrogens is 366 g/mol. The van der Waals surface area contributed by atoms with Gasteiger partial charge in [-0.25, -0.2) is 4.68 Å². The van der Waals surface area contributed by atoms with Crippen molar-refractivity contribution in [3.8, 4) is 5.69 Å². The van der Waals surface area contributed by atoms with E-state index in [4.69, 9.17) is 11.6 Å². The molecular formula is C20H24ClN3O3. The molecule has 1 N–H and O–H groups in total. The zero-order valence-electron chi connectivity index (χ0n) is 15.7. The second kappa shape index (κ2) is 7.72. The lowest BCUT2D eigenvalue weighted by atomic mass is 9.86. The van der Waals surface area contributed by atoms with Crippen LogP contribution in [0.25, 0.3) is 5.69 Å². The Morgan fingerprint density at radius 1 is 1.33 bits per heavy atom. The van der Waals surface area contributed by atoms with E-state index in [9.17, 15) is 14.7 Å². The summed E-state index contributed by atoms with van der Waals surface area (Å²) in [7, 11) is 0. The number of likely N-dealkylation sites (tertiary alicyclic amines) is 1. The third-order valence-corrected chi connectivity index (χ3v) is 5.38. The molecule has 0 aliphatic carbocycles. The maximum atomic E-state index is 13.2. The molecule has 6 nitrogen and oxygen atoms in total. The number of benzene rings is 1. The van der Waals surface area contributed by atoms with Crippen LogP contribution in [0.3, 0.4) is 0 Å². The first-order chi connectivity index (χ1) is 12.8. The van der Waals surface area contributed by atoms with Crippen LogP contribution in [-0.4, -0.2) is 44.8 Å². The van der Waals surface area contributed by atoms with Crippen molar-refractivity contribution in [1.82, 2.24) is 14.7 Å². The maximum Gasteiger partial charge on any atom is 0.306 e. The standard InChI is InChI=1S/C20H24ClN3O3/c1-12(2)18-17(10-22-24(18)15-6-4-5-14(21)9-15)19(25)23-8-7-16(20(26)27)13(3)11-23/h4-6,9-10,12-13,16H,7-8,11H2,1-3H3,(H,26,27). The molecule has 1 saturated heterocycles. The van der Waals surface area contributed by atoms with E-state index in [1.54, 1.807) is 21.8 Å². The zero-order chi connectivity index (χ0) is 19.7. The van der Waals surface area contributed by atoms with Crippen molar-refractivity contribution in [2.45, 2.75) is 33.1 Å². The van der Waals surface area contributed by atoms with Crippen molar-refractivity contribution in [2.24, 2.45) is 11.8 Å². The molecule has 1 aromatic carbocycles. The number of amides is 1. The van der Waals surface area contributed by atoms with E-state index in [2.05, 4.69) is 5.10 Å². The summed E-state index contributed by atoms with van der Waals surface area (Å²) >= 11 is 6.11. The van der Waals surface area contributed by atoms with Crippen molar-refractivity contribution in [2.75, 3.05) is 13.1 Å². The number of carboxylic acid groups (broad SMARTS) is 1. The van der Waals surface area contributed by atoms with Crippen molar-refractivity contribution < 1.29 is 14.7 Å². The van der Waals surface area contributed by atoms with E-state index in [0.29, 0.717) is 30.1 Å². The smallest absolute Gasteiger partial charge is 0.306 e. The van der Waals surface area contributed by atoms with Crippen LogP contribution in [0, 0.1) is 11.8 Å². The Bertz CT molecular complexity index is 862. The average molecular weight is 390 g/mol. The number of carboxylic acids is 1. The van der Waals surface area contributed by atoms with Gasteiger partial charge in [0.05, 0.1) is 29.1 Å². The van der Waals surface area contributed by atoms with E-state index in [1.165, 1.54) is 0 Å². The lowest BCUT2D eigenvalue weighted by Crippen LogP contribution is -2.45. The minimum Gasteiger partial charge on any atom is -0.481 e. The number of carbonyl (C=O) groups is 2. The first kappa shape index (κ1) is 19.4. The highest BCUT2D eigenvalue weighted by molar-refractivity contribution is 6.30. The van der Waals surface area contributed by atoms with Crippen molar-refractivity contribution in [1.29, 1.82) is 0 Å². The molecule has 3 rings (SSSR count). The lowest BCUT2D eigenvalue weighted by Gasteiger charge is -2.35. The fourth-order valence-electron chi connectivity index (χ4n) is 3.76. The Balaban J connectivity index is 1.91. The van der Waals surface area contributed by atoms with Gasteiger partial charge >= 0.3 is 5.97 Å². The molecule has 1 fully saturated rings. The summed E-state index contributed by atoms with van der Waals surface area (Å²) in [6.45, 7) is 6.81. The Kier molecular flexibility index (Phi) is 5.56. The van der Waals surface area contributed by atoms with Crippen LogP contribution >= 0.6 is 11.6 Å². The highest BCUT2D eigenvalue weighted by Gasteiger charge is 2.34. The molecule has 0 spiro atoms. The largest absolute Gasteiger partial charge is 0.481 e. The van der Waals surface area contributed by atoms with Gasteiger partial charge in [-0.1, -0.05) is 38.4 Å². The Labute approximate surface area is 163 Å². The first-order valence-electron chi connectivity index (χ1n) is 9.15. The molecule has 2 aromatic rings. The number of aliphatic carboxylic acids is 1. The summed E-state index contributed by atoms with van der Waals surface area (Å²) in [6.07, 6.45) is 2.08. The summed E-state index contributed by atoms with van der Waals surface area (Å²) < 4.78 is 1.76. The molecule has 1 aromatic heterocycles. The minimum absolute atomic E-state index is 0.0781. The van der Waals surface area contributed by atoms with Crippen LogP contribution in [0.4, 0.5) is 0 Å². The first-order valence-corrected chi connectivity index (χ1v) is 9.53. The number of nitrogens with zero attached hydrogens (tertiary/aromatic N) is 3. The summed E-state index contributed by atoms with van der Waals surface area (Å²) in [6, 6.07) is 7.36. The molecule has 27 heavy (non-hydrogen) atoms. The van der Waals surface area contributed by atoms with Gasteiger partial charge in [0.1, 0.15) is 0 Å². The summed E-state index contributed by atoms with van der Waals surface area (Å²) in [4.78, 5) is 26.2. The van der Waals surface area contributed by atoms with E-state index < -0.39 is 11.9 Å². The molecule has 1 amide bonds. The molecule has 0 saturated carbocycles. The van der Waals surface area contributed by atoms with E-state index >= 15 is 0 Å². The molecule has 7 heteroatoms. The highest BCUT2D eigenvalue weighted by Crippen LogP contribution is 2.28. The quantitative estimate of drug-likeness (QED) is 0.862. The number of piperidine rings is 1. The van der Waals surface area contributed by atoms with E-state index in [-0.39, 0.29) is 17.7 Å². The van der Waals surface area contributed by atoms with Crippen LogP contribution in [0.15, 0.2) is 30.5 Å². The van der Waals surface area contributed by atoms with Gasteiger partial charge in [-0.05, 0) is 36.5 Å². The number of hydrogen-bond acceptors (Lipinski definition) is 3. The van der Waals surface area contributed by atoms with Crippen LogP contribution in [0.5, 0.6) is 0 Å². The third kappa shape index (κ3) is 3.86. The Morgan fingerprint density at radius 2 is 2.07 bits per heavy atom. The van der Waals surface area contributed by atoms with Crippen molar-refractivity contribution in [3.63, 3.8) is 0 Å². The summed E-state index contributed by atoms with van der Waals surface area (Å²) in [5.41, 5.74) is 2.20. The van der Waals surface area contributed by atoms with E-state index in [0.717, 1.165) is 11.4 Å². The summed E-state index contributed by atoms with van der Waals surface area (Å²) in [5.74, 6) is -1.27. The number of rotatable bonds is 4. The van der Waals surface area contributed by atoms with Crippen LogP contribution in [0.2, 0.25) is 5.02 Å². The second-order valence-corrected chi connectivity index (χ2v) is 7.89. The van der Waals surface area contributed by atoms with Crippen LogP contribution < -0.4 is 0 Å². The normalized spacial score (nSPS) is 20.1. The predicted molar refractivity (Wildman–Crippen MR) is 103 cm³/mol. The SMILES string of the molecule is CC(C)c1c(C(=O)N2CCC(C(=O)O)C(C)C2)cnn1-c1cccc(Cl)c1. The Hall–Kier alpha value is -2.34. The Morgan fingerprint density at radius 3 is 2.67 bits per heavy atom. The second-order valence-electron chi connectivity index (χ2n) is 7.45. The monoisotopic (exact) mass is 389 g/mol. The molecule has 1 aliphatic heterocycles. The van der Waals surface area contributed by atoms with Gasteiger partial charge in [0.25, 0.3) is 5.91 Å². The maximum absolute atomic E-state index is 13.2. The molecule has 2 heterocycles. The van der Waals surface area contributed by atoms with Gasteiger partial charge in [0.15, 0.2) is 0 Å². The average Bonchev–Trinajstić information content (AvgIpc) is 3.06. The highest BCUT2D eigenvalue weighted by atomic mass is 35.5. The molecule has 0 radical (unpaired) electrons. The van der Waals surface area contributed by atoms with Gasteiger partial charge in [0.2, 0.25) is 0 Å². The zero-order valence-corrected chi connectivity index (χ0v) is 16.5. The summed E-state index contributed by atoms with van der Waals surface area (Å²) in [5, 5.41) is 14.3. The minimum atomic E-state index is -0.786.